The molecule has 2 heterocycles. The molecular weight excluding hydrogens is 352 g/mol. The van der Waals surface area contributed by atoms with Crippen molar-refractivity contribution in [2.45, 2.75) is 37.4 Å². The second kappa shape index (κ2) is 9.18. The van der Waals surface area contributed by atoms with Gasteiger partial charge in [-0.2, -0.15) is 5.10 Å². The van der Waals surface area contributed by atoms with E-state index in [-0.39, 0.29) is 11.8 Å². The number of hydrogen-bond donors (Lipinski definition) is 2. The van der Waals surface area contributed by atoms with E-state index in [2.05, 4.69) is 25.7 Å². The number of rotatable bonds is 9. The molecule has 1 fully saturated rings. The molecule has 0 unspecified atom stereocenters. The Kier molecular flexibility index (Phi) is 6.67. The van der Waals surface area contributed by atoms with Crippen molar-refractivity contribution in [2.24, 2.45) is 5.92 Å². The number of aromatic nitrogens is 4. The number of carbonyl (C=O) groups excluding carboxylic acids is 1. The van der Waals surface area contributed by atoms with Crippen LogP contribution in [0, 0.1) is 5.92 Å². The Morgan fingerprint density at radius 2 is 2.15 bits per heavy atom. The molecule has 2 aromatic rings. The minimum absolute atomic E-state index is 0.167. The molecule has 2 aromatic heterocycles. The van der Waals surface area contributed by atoms with Gasteiger partial charge in [-0.3, -0.25) is 4.79 Å². The number of ether oxygens (including phenoxy) is 1. The summed E-state index contributed by atoms with van der Waals surface area (Å²) in [5.74, 6) is 1.12. The molecule has 1 aliphatic carbocycles. The van der Waals surface area contributed by atoms with Gasteiger partial charge in [0, 0.05) is 26.1 Å². The first kappa shape index (κ1) is 18.9. The molecule has 0 spiro atoms. The van der Waals surface area contributed by atoms with Crippen molar-refractivity contribution in [2.75, 3.05) is 38.4 Å². The zero-order chi connectivity index (χ0) is 18.4. The van der Waals surface area contributed by atoms with Crippen molar-refractivity contribution in [1.29, 1.82) is 0 Å². The summed E-state index contributed by atoms with van der Waals surface area (Å²) in [4.78, 5) is 21.3. The van der Waals surface area contributed by atoms with Gasteiger partial charge >= 0.3 is 0 Å². The van der Waals surface area contributed by atoms with Gasteiger partial charge in [0.05, 0.1) is 24.7 Å². The van der Waals surface area contributed by atoms with Crippen LogP contribution >= 0.6 is 11.8 Å². The fraction of sp³-hybridized carbons (Fsp3) is 0.647. The maximum atomic E-state index is 12.1. The molecular formula is C17H26N6O2S. The van der Waals surface area contributed by atoms with Crippen molar-refractivity contribution < 1.29 is 9.53 Å². The molecule has 0 saturated heterocycles. The van der Waals surface area contributed by atoms with Gasteiger partial charge in [-0.05, 0) is 19.1 Å². The first-order chi connectivity index (χ1) is 12.7. The Labute approximate surface area is 157 Å². The standard InChI is InChI=1S/C17H26N6O2S/c1-25-10-8-18-14-13-11-20-23(15(13)22-17(21-14)26-2)9-7-19-16(24)12-5-3-4-6-12/h11-12H,3-10H2,1-2H3,(H,19,24)(H,18,21,22). The highest BCUT2D eigenvalue weighted by Crippen LogP contribution is 2.25. The first-order valence-corrected chi connectivity index (χ1v) is 10.2. The van der Waals surface area contributed by atoms with E-state index in [4.69, 9.17) is 4.74 Å². The van der Waals surface area contributed by atoms with Crippen LogP contribution in [0.15, 0.2) is 11.4 Å². The number of methoxy groups -OCH3 is 1. The number of nitrogens with zero attached hydrogens (tertiary/aromatic N) is 4. The summed E-state index contributed by atoms with van der Waals surface area (Å²) in [5, 5.41) is 12.3. The Balaban J connectivity index is 1.68. The van der Waals surface area contributed by atoms with E-state index in [0.717, 1.165) is 42.5 Å². The van der Waals surface area contributed by atoms with E-state index in [1.54, 1.807) is 13.3 Å². The number of fused-ring (bicyclic) bond motifs is 1. The molecule has 0 atom stereocenters. The lowest BCUT2D eigenvalue weighted by atomic mass is 10.1. The smallest absolute Gasteiger partial charge is 0.223 e. The third-order valence-corrected chi connectivity index (χ3v) is 5.15. The number of carbonyl (C=O) groups is 1. The molecule has 0 aromatic carbocycles. The molecule has 2 N–H and O–H groups in total. The van der Waals surface area contributed by atoms with Gasteiger partial charge in [0.25, 0.3) is 0 Å². The van der Waals surface area contributed by atoms with Gasteiger partial charge in [-0.25, -0.2) is 14.6 Å². The third-order valence-electron chi connectivity index (χ3n) is 4.61. The van der Waals surface area contributed by atoms with Crippen molar-refractivity contribution in [3.8, 4) is 0 Å². The predicted molar refractivity (Wildman–Crippen MR) is 102 cm³/mol. The Bertz CT molecular complexity index is 744. The summed E-state index contributed by atoms with van der Waals surface area (Å²) >= 11 is 1.49. The molecule has 8 nitrogen and oxygen atoms in total. The van der Waals surface area contributed by atoms with Gasteiger partial charge in [0.15, 0.2) is 10.8 Å². The second-order valence-electron chi connectivity index (χ2n) is 6.36. The minimum Gasteiger partial charge on any atom is -0.383 e. The van der Waals surface area contributed by atoms with E-state index in [1.807, 2.05) is 10.9 Å². The SMILES string of the molecule is COCCNc1nc(SC)nc2c1cnn2CCNC(=O)C1CCCC1. The van der Waals surface area contributed by atoms with Crippen molar-refractivity contribution in [1.82, 2.24) is 25.1 Å². The highest BCUT2D eigenvalue weighted by Gasteiger charge is 2.22. The fourth-order valence-electron chi connectivity index (χ4n) is 3.21. The molecule has 1 saturated carbocycles. The summed E-state index contributed by atoms with van der Waals surface area (Å²) in [5.41, 5.74) is 0.777. The van der Waals surface area contributed by atoms with Crippen LogP contribution in [0.3, 0.4) is 0 Å². The summed E-state index contributed by atoms with van der Waals surface area (Å²) in [6.45, 7) is 2.40. The number of hydrogen-bond acceptors (Lipinski definition) is 7. The van der Waals surface area contributed by atoms with Crippen LogP contribution in [-0.2, 0) is 16.1 Å². The van der Waals surface area contributed by atoms with E-state index in [0.29, 0.717) is 31.4 Å². The zero-order valence-corrected chi connectivity index (χ0v) is 16.1. The average Bonchev–Trinajstić information content (AvgIpc) is 3.32. The van der Waals surface area contributed by atoms with Gasteiger partial charge < -0.3 is 15.4 Å². The third kappa shape index (κ3) is 4.45. The maximum Gasteiger partial charge on any atom is 0.223 e. The molecule has 0 radical (unpaired) electrons. The Morgan fingerprint density at radius 3 is 2.88 bits per heavy atom. The highest BCUT2D eigenvalue weighted by atomic mass is 32.2. The monoisotopic (exact) mass is 378 g/mol. The fourth-order valence-corrected chi connectivity index (χ4v) is 3.57. The normalized spacial score (nSPS) is 14.8. The lowest BCUT2D eigenvalue weighted by Crippen LogP contribution is -2.32. The molecule has 1 aliphatic rings. The van der Waals surface area contributed by atoms with E-state index >= 15 is 0 Å². The Hall–Kier alpha value is -1.87. The molecule has 9 heteroatoms. The molecule has 3 rings (SSSR count). The quantitative estimate of drug-likeness (QED) is 0.391. The maximum absolute atomic E-state index is 12.1. The second-order valence-corrected chi connectivity index (χ2v) is 7.13. The van der Waals surface area contributed by atoms with Crippen LogP contribution in [-0.4, -0.2) is 58.7 Å². The zero-order valence-electron chi connectivity index (χ0n) is 15.3. The minimum atomic E-state index is 0.167. The van der Waals surface area contributed by atoms with Crippen LogP contribution in [0.4, 0.5) is 5.82 Å². The van der Waals surface area contributed by atoms with E-state index < -0.39 is 0 Å². The van der Waals surface area contributed by atoms with E-state index in [9.17, 15) is 4.79 Å². The average molecular weight is 379 g/mol. The van der Waals surface area contributed by atoms with Crippen molar-refractivity contribution in [3.63, 3.8) is 0 Å². The summed E-state index contributed by atoms with van der Waals surface area (Å²) in [7, 11) is 1.67. The lowest BCUT2D eigenvalue weighted by molar-refractivity contribution is -0.124. The van der Waals surface area contributed by atoms with E-state index in [1.165, 1.54) is 11.8 Å². The van der Waals surface area contributed by atoms with Gasteiger partial charge in [0.2, 0.25) is 5.91 Å². The molecule has 142 valence electrons. The van der Waals surface area contributed by atoms with Crippen LogP contribution in [0.2, 0.25) is 0 Å². The summed E-state index contributed by atoms with van der Waals surface area (Å²) in [6.07, 6.45) is 8.06. The van der Waals surface area contributed by atoms with Crippen LogP contribution in [0.25, 0.3) is 11.0 Å². The molecule has 26 heavy (non-hydrogen) atoms. The predicted octanol–water partition coefficient (Wildman–Crippen LogP) is 1.91. The topological polar surface area (TPSA) is 94.0 Å². The largest absolute Gasteiger partial charge is 0.383 e. The number of nitrogens with one attached hydrogen (secondary N) is 2. The summed E-state index contributed by atoms with van der Waals surface area (Å²) < 4.78 is 6.91. The Morgan fingerprint density at radius 1 is 1.35 bits per heavy atom. The van der Waals surface area contributed by atoms with Gasteiger partial charge in [-0.15, -0.1) is 0 Å². The first-order valence-electron chi connectivity index (χ1n) is 9.01. The number of anilines is 1. The number of thioether (sulfide) groups is 1. The highest BCUT2D eigenvalue weighted by molar-refractivity contribution is 7.98. The van der Waals surface area contributed by atoms with Crippen LogP contribution < -0.4 is 10.6 Å². The molecule has 0 aliphatic heterocycles. The summed E-state index contributed by atoms with van der Waals surface area (Å²) in [6, 6.07) is 0. The van der Waals surface area contributed by atoms with Crippen LogP contribution in [0.5, 0.6) is 0 Å². The number of amides is 1. The van der Waals surface area contributed by atoms with Crippen LogP contribution in [0.1, 0.15) is 25.7 Å². The van der Waals surface area contributed by atoms with Gasteiger partial charge in [0.1, 0.15) is 5.82 Å². The molecule has 0 bridgehead atoms. The van der Waals surface area contributed by atoms with Crippen molar-refractivity contribution in [3.05, 3.63) is 6.20 Å². The van der Waals surface area contributed by atoms with Gasteiger partial charge in [-0.1, -0.05) is 24.6 Å². The molecule has 1 amide bonds. The lowest BCUT2D eigenvalue weighted by Gasteiger charge is -2.11. The van der Waals surface area contributed by atoms with Crippen molar-refractivity contribution >= 4 is 34.5 Å².